The van der Waals surface area contributed by atoms with E-state index in [1.807, 2.05) is 22.6 Å². The third kappa shape index (κ3) is 3.14. The lowest BCUT2D eigenvalue weighted by Gasteiger charge is -2.08. The quantitative estimate of drug-likeness (QED) is 0.884. The van der Waals surface area contributed by atoms with Gasteiger partial charge in [-0.15, -0.1) is 11.3 Å². The molecule has 2 heterocycles. The molecule has 92 valence electrons. The average molecular weight is 250 g/mol. The van der Waals surface area contributed by atoms with Gasteiger partial charge >= 0.3 is 0 Å². The molecule has 1 N–H and O–H groups in total. The van der Waals surface area contributed by atoms with E-state index in [4.69, 9.17) is 0 Å². The summed E-state index contributed by atoms with van der Waals surface area (Å²) in [6.45, 7) is 8.11. The zero-order valence-corrected chi connectivity index (χ0v) is 11.3. The predicted molar refractivity (Wildman–Crippen MR) is 70.2 cm³/mol. The molecular weight excluding hydrogens is 232 g/mol. The van der Waals surface area contributed by atoms with Crippen molar-refractivity contribution in [2.45, 2.75) is 39.9 Å². The number of aromatic nitrogens is 3. The van der Waals surface area contributed by atoms with E-state index >= 15 is 0 Å². The Morgan fingerprint density at radius 1 is 1.41 bits per heavy atom. The summed E-state index contributed by atoms with van der Waals surface area (Å²) in [5, 5.41) is 7.84. The van der Waals surface area contributed by atoms with Crippen LogP contribution in [-0.2, 0) is 13.1 Å². The molecule has 5 heteroatoms. The summed E-state index contributed by atoms with van der Waals surface area (Å²) in [6.07, 6.45) is 3.85. The average Bonchev–Trinajstić information content (AvgIpc) is 2.89. The molecule has 2 rings (SSSR count). The molecule has 17 heavy (non-hydrogen) atoms. The smallest absolute Gasteiger partial charge is 0.0794 e. The molecule has 2 aromatic rings. The molecule has 0 unspecified atom stereocenters. The van der Waals surface area contributed by atoms with E-state index in [1.54, 1.807) is 11.3 Å². The van der Waals surface area contributed by atoms with Gasteiger partial charge in [-0.1, -0.05) is 13.8 Å². The minimum Gasteiger partial charge on any atom is -0.310 e. The Kier molecular flexibility index (Phi) is 3.91. The van der Waals surface area contributed by atoms with Crippen LogP contribution in [0, 0.1) is 6.92 Å². The maximum Gasteiger partial charge on any atom is 0.0794 e. The third-order valence-corrected chi connectivity index (χ3v) is 3.46. The van der Waals surface area contributed by atoms with Crippen molar-refractivity contribution in [2.24, 2.45) is 0 Å². The van der Waals surface area contributed by atoms with E-state index in [-0.39, 0.29) is 0 Å². The van der Waals surface area contributed by atoms with Gasteiger partial charge in [0.25, 0.3) is 0 Å². The fourth-order valence-corrected chi connectivity index (χ4v) is 2.18. The van der Waals surface area contributed by atoms with Crippen LogP contribution >= 0.6 is 11.3 Å². The maximum atomic E-state index is 4.42. The highest BCUT2D eigenvalue weighted by molar-refractivity contribution is 7.09. The van der Waals surface area contributed by atoms with Crippen LogP contribution in [0.4, 0.5) is 0 Å². The molecule has 0 aliphatic heterocycles. The molecule has 2 aromatic heterocycles. The monoisotopic (exact) mass is 250 g/mol. The number of nitrogens with one attached hydrogen (secondary N) is 1. The molecule has 0 aliphatic carbocycles. The molecule has 0 fully saturated rings. The number of nitrogens with zero attached hydrogens (tertiary/aromatic N) is 3. The summed E-state index contributed by atoms with van der Waals surface area (Å²) in [5.41, 5.74) is 4.35. The Labute approximate surface area is 106 Å². The van der Waals surface area contributed by atoms with Gasteiger partial charge in [0.15, 0.2) is 0 Å². The maximum absolute atomic E-state index is 4.42. The van der Waals surface area contributed by atoms with E-state index in [0.717, 1.165) is 13.1 Å². The van der Waals surface area contributed by atoms with Crippen LogP contribution in [0.1, 0.15) is 30.0 Å². The van der Waals surface area contributed by atoms with Gasteiger partial charge in [-0.25, -0.2) is 0 Å². The van der Waals surface area contributed by atoms with Gasteiger partial charge in [0, 0.05) is 34.9 Å². The van der Waals surface area contributed by atoms with Gasteiger partial charge in [-0.05, 0) is 6.92 Å². The van der Waals surface area contributed by atoms with E-state index in [9.17, 15) is 0 Å². The van der Waals surface area contributed by atoms with Crippen LogP contribution in [0.5, 0.6) is 0 Å². The molecule has 0 saturated heterocycles. The molecular formula is C12H18N4S. The van der Waals surface area contributed by atoms with Crippen LogP contribution in [0.2, 0.25) is 0 Å². The second-order valence-electron chi connectivity index (χ2n) is 4.42. The lowest BCUT2D eigenvalue weighted by Crippen LogP contribution is -2.22. The van der Waals surface area contributed by atoms with Crippen molar-refractivity contribution >= 4 is 11.3 Å². The van der Waals surface area contributed by atoms with Crippen molar-refractivity contribution in [3.05, 3.63) is 34.0 Å². The largest absolute Gasteiger partial charge is 0.310 e. The van der Waals surface area contributed by atoms with Crippen LogP contribution < -0.4 is 5.32 Å². The standard InChI is InChI=1S/C12H18N4S/c1-9(2)14-4-11-5-15-16(10(11)3)7-12-6-13-8-17-12/h5-6,8-9,14H,4,7H2,1-3H3. The van der Waals surface area contributed by atoms with Crippen LogP contribution in [-0.4, -0.2) is 20.8 Å². The summed E-state index contributed by atoms with van der Waals surface area (Å²) >= 11 is 1.67. The Bertz CT molecular complexity index is 459. The van der Waals surface area contributed by atoms with Gasteiger partial charge in [0.2, 0.25) is 0 Å². The summed E-state index contributed by atoms with van der Waals surface area (Å²) in [6, 6.07) is 0.499. The zero-order valence-electron chi connectivity index (χ0n) is 10.5. The van der Waals surface area contributed by atoms with Gasteiger partial charge < -0.3 is 5.32 Å². The lowest BCUT2D eigenvalue weighted by atomic mass is 10.2. The first-order valence-corrected chi connectivity index (χ1v) is 6.67. The van der Waals surface area contributed by atoms with Gasteiger partial charge in [0.1, 0.15) is 0 Å². The van der Waals surface area contributed by atoms with Crippen molar-refractivity contribution in [3.8, 4) is 0 Å². The Balaban J connectivity index is 2.04. The van der Waals surface area contributed by atoms with Gasteiger partial charge in [-0.3, -0.25) is 9.67 Å². The van der Waals surface area contributed by atoms with Crippen LogP contribution in [0.15, 0.2) is 17.9 Å². The van der Waals surface area contributed by atoms with Crippen molar-refractivity contribution < 1.29 is 0 Å². The number of thiazole rings is 1. The Morgan fingerprint density at radius 2 is 2.24 bits per heavy atom. The number of rotatable bonds is 5. The first kappa shape index (κ1) is 12.3. The highest BCUT2D eigenvalue weighted by Crippen LogP contribution is 2.12. The Morgan fingerprint density at radius 3 is 2.88 bits per heavy atom. The molecule has 0 saturated carbocycles. The van der Waals surface area contributed by atoms with Crippen LogP contribution in [0.25, 0.3) is 0 Å². The summed E-state index contributed by atoms with van der Waals surface area (Å²) < 4.78 is 2.03. The molecule has 0 bridgehead atoms. The highest BCUT2D eigenvalue weighted by atomic mass is 32.1. The number of hydrogen-bond acceptors (Lipinski definition) is 4. The van der Waals surface area contributed by atoms with Gasteiger partial charge in [0.05, 0.1) is 18.3 Å². The minimum absolute atomic E-state index is 0.499. The van der Waals surface area contributed by atoms with E-state index in [0.29, 0.717) is 6.04 Å². The molecule has 0 atom stereocenters. The third-order valence-electron chi connectivity index (χ3n) is 2.69. The fraction of sp³-hybridized carbons (Fsp3) is 0.500. The molecule has 0 aliphatic rings. The zero-order chi connectivity index (χ0) is 12.3. The summed E-state index contributed by atoms with van der Waals surface area (Å²) in [5.74, 6) is 0. The second-order valence-corrected chi connectivity index (χ2v) is 5.39. The van der Waals surface area contributed by atoms with E-state index in [1.165, 1.54) is 16.1 Å². The second kappa shape index (κ2) is 5.42. The predicted octanol–water partition coefficient (Wildman–Crippen LogP) is 2.19. The van der Waals surface area contributed by atoms with Gasteiger partial charge in [-0.2, -0.15) is 5.10 Å². The summed E-state index contributed by atoms with van der Waals surface area (Å²) in [7, 11) is 0. The van der Waals surface area contributed by atoms with Crippen molar-refractivity contribution in [1.82, 2.24) is 20.1 Å². The topological polar surface area (TPSA) is 42.7 Å². The molecule has 4 nitrogen and oxygen atoms in total. The SMILES string of the molecule is Cc1c(CNC(C)C)cnn1Cc1cncs1. The molecule has 0 radical (unpaired) electrons. The van der Waals surface area contributed by atoms with Crippen molar-refractivity contribution in [1.29, 1.82) is 0 Å². The summed E-state index contributed by atoms with van der Waals surface area (Å²) in [4.78, 5) is 5.32. The van der Waals surface area contributed by atoms with E-state index in [2.05, 4.69) is 36.2 Å². The van der Waals surface area contributed by atoms with Crippen molar-refractivity contribution in [2.75, 3.05) is 0 Å². The van der Waals surface area contributed by atoms with Crippen molar-refractivity contribution in [3.63, 3.8) is 0 Å². The first-order valence-electron chi connectivity index (χ1n) is 5.79. The first-order chi connectivity index (χ1) is 8.16. The molecule has 0 aromatic carbocycles. The highest BCUT2D eigenvalue weighted by Gasteiger charge is 2.07. The molecule has 0 amide bonds. The minimum atomic E-state index is 0.499. The Hall–Kier alpha value is -1.20. The van der Waals surface area contributed by atoms with E-state index < -0.39 is 0 Å². The lowest BCUT2D eigenvalue weighted by molar-refractivity contribution is 0.585. The number of hydrogen-bond donors (Lipinski definition) is 1. The van der Waals surface area contributed by atoms with Crippen LogP contribution in [0.3, 0.4) is 0 Å². The molecule has 0 spiro atoms. The fourth-order valence-electron chi connectivity index (χ4n) is 1.60. The normalized spacial score (nSPS) is 11.3.